The minimum absolute atomic E-state index is 0.127. The molecule has 0 aliphatic heterocycles. The highest BCUT2D eigenvalue weighted by Gasteiger charge is 2.29. The Morgan fingerprint density at radius 1 is 1.15 bits per heavy atom. The summed E-state index contributed by atoms with van der Waals surface area (Å²) in [6, 6.07) is 13.0. The van der Waals surface area contributed by atoms with Crippen molar-refractivity contribution >= 4 is 33.2 Å². The summed E-state index contributed by atoms with van der Waals surface area (Å²) in [4.78, 5) is 12.7. The zero-order valence-electron chi connectivity index (χ0n) is 16.0. The van der Waals surface area contributed by atoms with Gasteiger partial charge in [-0.15, -0.1) is 0 Å². The molecule has 0 fully saturated rings. The van der Waals surface area contributed by atoms with Crippen LogP contribution in [-0.4, -0.2) is 26.4 Å². The van der Waals surface area contributed by atoms with Gasteiger partial charge in [0.2, 0.25) is 5.91 Å². The Hall–Kier alpha value is -2.05. The average Bonchev–Trinajstić information content (AvgIpc) is 2.60. The quantitative estimate of drug-likeness (QED) is 0.748. The van der Waals surface area contributed by atoms with Gasteiger partial charge in [-0.05, 0) is 63.1 Å². The van der Waals surface area contributed by atoms with E-state index >= 15 is 0 Å². The zero-order valence-corrected chi connectivity index (χ0v) is 17.6. The summed E-state index contributed by atoms with van der Waals surface area (Å²) in [5, 5.41) is 3.39. The van der Waals surface area contributed by atoms with Crippen LogP contribution in [0.5, 0.6) is 0 Å². The second-order valence-corrected chi connectivity index (χ2v) is 9.34. The van der Waals surface area contributed by atoms with Gasteiger partial charge < -0.3 is 5.32 Å². The number of carbonyl (C=O) groups excluding carboxylic acids is 1. The molecule has 0 saturated carbocycles. The molecule has 2 aromatic carbocycles. The molecule has 1 N–H and O–H groups in total. The van der Waals surface area contributed by atoms with Crippen LogP contribution in [0.4, 0.5) is 5.69 Å². The topological polar surface area (TPSA) is 66.5 Å². The van der Waals surface area contributed by atoms with E-state index in [0.29, 0.717) is 16.3 Å². The predicted octanol–water partition coefficient (Wildman–Crippen LogP) is 4.15. The van der Waals surface area contributed by atoms with Gasteiger partial charge in [-0.25, -0.2) is 8.42 Å². The van der Waals surface area contributed by atoms with Crippen LogP contribution in [0.15, 0.2) is 53.4 Å². The molecule has 0 saturated heterocycles. The van der Waals surface area contributed by atoms with Gasteiger partial charge in [0, 0.05) is 10.6 Å². The Morgan fingerprint density at radius 2 is 1.78 bits per heavy atom. The van der Waals surface area contributed by atoms with Crippen molar-refractivity contribution in [1.82, 2.24) is 5.32 Å². The number of hydrogen-bond donors (Lipinski definition) is 1. The molecule has 5 nitrogen and oxygen atoms in total. The molecular weight excluding hydrogens is 384 g/mol. The summed E-state index contributed by atoms with van der Waals surface area (Å²) in [5.41, 5.74) is 0.672. The second kappa shape index (κ2) is 8.31. The average molecular weight is 409 g/mol. The SMILES string of the molecule is CCC(C)(C)NC(=O)CN(c1ccc(Cl)cc1C)S(=O)(=O)c1ccccc1. The van der Waals surface area contributed by atoms with Crippen LogP contribution in [0.25, 0.3) is 0 Å². The first-order chi connectivity index (χ1) is 12.6. The monoisotopic (exact) mass is 408 g/mol. The third-order valence-corrected chi connectivity index (χ3v) is 6.42. The minimum atomic E-state index is -3.92. The molecule has 0 radical (unpaired) electrons. The smallest absolute Gasteiger partial charge is 0.264 e. The van der Waals surface area contributed by atoms with Crippen molar-refractivity contribution in [3.63, 3.8) is 0 Å². The largest absolute Gasteiger partial charge is 0.350 e. The third-order valence-electron chi connectivity index (χ3n) is 4.41. The van der Waals surface area contributed by atoms with Gasteiger partial charge >= 0.3 is 0 Å². The minimum Gasteiger partial charge on any atom is -0.350 e. The molecule has 7 heteroatoms. The molecule has 0 bridgehead atoms. The highest BCUT2D eigenvalue weighted by Crippen LogP contribution is 2.28. The van der Waals surface area contributed by atoms with E-state index in [2.05, 4.69) is 5.32 Å². The van der Waals surface area contributed by atoms with Crippen LogP contribution in [0.3, 0.4) is 0 Å². The van der Waals surface area contributed by atoms with Crippen LogP contribution in [-0.2, 0) is 14.8 Å². The molecule has 1 amide bonds. The van der Waals surface area contributed by atoms with Gasteiger partial charge in [0.05, 0.1) is 10.6 Å². The van der Waals surface area contributed by atoms with Crippen molar-refractivity contribution in [2.45, 2.75) is 44.6 Å². The van der Waals surface area contributed by atoms with Crippen LogP contribution in [0.2, 0.25) is 5.02 Å². The maximum absolute atomic E-state index is 13.3. The Labute approximate surface area is 166 Å². The number of benzene rings is 2. The maximum Gasteiger partial charge on any atom is 0.264 e. The van der Waals surface area contributed by atoms with Crippen LogP contribution in [0.1, 0.15) is 32.8 Å². The summed E-state index contributed by atoms with van der Waals surface area (Å²) in [5.74, 6) is -0.365. The number of rotatable bonds is 7. The van der Waals surface area contributed by atoms with E-state index in [-0.39, 0.29) is 17.3 Å². The number of aryl methyl sites for hydroxylation is 1. The molecule has 0 aliphatic carbocycles. The first-order valence-corrected chi connectivity index (χ1v) is 10.5. The first kappa shape index (κ1) is 21.3. The number of hydrogen-bond acceptors (Lipinski definition) is 3. The van der Waals surface area contributed by atoms with Crippen LogP contribution >= 0.6 is 11.6 Å². The Kier molecular flexibility index (Phi) is 6.54. The number of halogens is 1. The number of amides is 1. The molecule has 0 unspecified atom stereocenters. The Bertz CT molecular complexity index is 912. The van der Waals surface area contributed by atoms with Crippen molar-refractivity contribution in [3.05, 3.63) is 59.1 Å². The fourth-order valence-electron chi connectivity index (χ4n) is 2.55. The van der Waals surface area contributed by atoms with Crippen molar-refractivity contribution in [2.75, 3.05) is 10.8 Å². The maximum atomic E-state index is 13.3. The van der Waals surface area contributed by atoms with Crippen molar-refractivity contribution in [2.24, 2.45) is 0 Å². The molecule has 2 aromatic rings. The van der Waals surface area contributed by atoms with E-state index in [1.165, 1.54) is 12.1 Å². The van der Waals surface area contributed by atoms with E-state index < -0.39 is 15.6 Å². The van der Waals surface area contributed by atoms with Gasteiger partial charge in [0.1, 0.15) is 6.54 Å². The summed E-state index contributed by atoms with van der Waals surface area (Å²) >= 11 is 6.02. The number of anilines is 1. The van der Waals surface area contributed by atoms with Crippen molar-refractivity contribution in [3.8, 4) is 0 Å². The number of carbonyl (C=O) groups is 1. The zero-order chi connectivity index (χ0) is 20.2. The summed E-state index contributed by atoms with van der Waals surface area (Å²) in [6.07, 6.45) is 0.726. The summed E-state index contributed by atoms with van der Waals surface area (Å²) in [7, 11) is -3.92. The molecule has 27 heavy (non-hydrogen) atoms. The van der Waals surface area contributed by atoms with Gasteiger partial charge in [-0.3, -0.25) is 9.10 Å². The highest BCUT2D eigenvalue weighted by molar-refractivity contribution is 7.92. The molecule has 0 heterocycles. The van der Waals surface area contributed by atoms with E-state index in [0.717, 1.165) is 10.7 Å². The lowest BCUT2D eigenvalue weighted by Gasteiger charge is -2.29. The van der Waals surface area contributed by atoms with Gasteiger partial charge in [-0.1, -0.05) is 36.7 Å². The Balaban J connectivity index is 2.48. The van der Waals surface area contributed by atoms with E-state index in [4.69, 9.17) is 11.6 Å². The first-order valence-electron chi connectivity index (χ1n) is 8.72. The summed E-state index contributed by atoms with van der Waals surface area (Å²) in [6.45, 7) is 7.21. The molecule has 0 atom stereocenters. The molecule has 146 valence electrons. The lowest BCUT2D eigenvalue weighted by molar-refractivity contribution is -0.121. The molecule has 0 spiro atoms. The van der Waals surface area contributed by atoms with E-state index in [1.54, 1.807) is 43.3 Å². The van der Waals surface area contributed by atoms with Gasteiger partial charge in [0.25, 0.3) is 10.0 Å². The summed E-state index contributed by atoms with van der Waals surface area (Å²) < 4.78 is 27.6. The van der Waals surface area contributed by atoms with E-state index in [1.807, 2.05) is 20.8 Å². The number of nitrogens with one attached hydrogen (secondary N) is 1. The molecule has 2 rings (SSSR count). The predicted molar refractivity (Wildman–Crippen MR) is 110 cm³/mol. The van der Waals surface area contributed by atoms with Crippen LogP contribution < -0.4 is 9.62 Å². The van der Waals surface area contributed by atoms with Crippen LogP contribution in [0, 0.1) is 6.92 Å². The second-order valence-electron chi connectivity index (χ2n) is 7.04. The standard InChI is InChI=1S/C20H25ClN2O3S/c1-5-20(3,4)22-19(24)14-23(18-12-11-16(21)13-15(18)2)27(25,26)17-9-7-6-8-10-17/h6-13H,5,14H2,1-4H3,(H,22,24). The molecular formula is C20H25ClN2O3S. The van der Waals surface area contributed by atoms with Crippen molar-refractivity contribution in [1.29, 1.82) is 0 Å². The Morgan fingerprint density at radius 3 is 2.33 bits per heavy atom. The van der Waals surface area contributed by atoms with Crippen molar-refractivity contribution < 1.29 is 13.2 Å². The van der Waals surface area contributed by atoms with Gasteiger partial charge in [0.15, 0.2) is 0 Å². The fourth-order valence-corrected chi connectivity index (χ4v) is 4.29. The number of sulfonamides is 1. The lowest BCUT2D eigenvalue weighted by atomic mass is 10.0. The van der Waals surface area contributed by atoms with E-state index in [9.17, 15) is 13.2 Å². The highest BCUT2D eigenvalue weighted by atomic mass is 35.5. The number of nitrogens with zero attached hydrogens (tertiary/aromatic N) is 1. The fraction of sp³-hybridized carbons (Fsp3) is 0.350. The van der Waals surface area contributed by atoms with Gasteiger partial charge in [-0.2, -0.15) is 0 Å². The lowest BCUT2D eigenvalue weighted by Crippen LogP contribution is -2.48. The molecule has 0 aromatic heterocycles. The molecule has 0 aliphatic rings. The third kappa shape index (κ3) is 5.23. The normalized spacial score (nSPS) is 11.9.